The molecule has 7 heteroatoms. The average Bonchev–Trinajstić information content (AvgIpc) is 2.70. The molecule has 1 aromatic heterocycles. The summed E-state index contributed by atoms with van der Waals surface area (Å²) in [7, 11) is 0. The van der Waals surface area contributed by atoms with Crippen LogP contribution in [0.5, 0.6) is 0 Å². The topological polar surface area (TPSA) is 45.2 Å². The number of nitrogens with one attached hydrogen (secondary N) is 1. The number of pyridine rings is 1. The van der Waals surface area contributed by atoms with Crippen LogP contribution in [-0.2, 0) is 0 Å². The third-order valence-electron chi connectivity index (χ3n) is 3.54. The molecule has 0 saturated carbocycles. The van der Waals surface area contributed by atoms with Crippen molar-refractivity contribution in [3.8, 4) is 0 Å². The first kappa shape index (κ1) is 15.6. The third-order valence-corrected chi connectivity index (χ3v) is 3.54. The number of halogens is 3. The van der Waals surface area contributed by atoms with Crippen molar-refractivity contribution in [2.24, 2.45) is 0 Å². The molecule has 2 heterocycles. The summed E-state index contributed by atoms with van der Waals surface area (Å²) in [5, 5.41) is 1.97. The molecule has 0 radical (unpaired) electrons. The first-order valence-electron chi connectivity index (χ1n) is 6.98. The molecular formula is C14H18F3N3O. The number of urea groups is 1. The highest BCUT2D eigenvalue weighted by Gasteiger charge is 2.31. The molecule has 1 atom stereocenters. The van der Waals surface area contributed by atoms with Gasteiger partial charge < -0.3 is 10.2 Å². The van der Waals surface area contributed by atoms with E-state index in [-0.39, 0.29) is 6.04 Å². The second-order valence-electron chi connectivity index (χ2n) is 5.11. The van der Waals surface area contributed by atoms with E-state index in [9.17, 15) is 18.0 Å². The lowest BCUT2D eigenvalue weighted by atomic mass is 10.0. The smallest absolute Gasteiger partial charge is 0.329 e. The highest BCUT2D eigenvalue weighted by Crippen LogP contribution is 2.29. The van der Waals surface area contributed by atoms with E-state index in [2.05, 4.69) is 4.98 Å². The van der Waals surface area contributed by atoms with Gasteiger partial charge in [0.05, 0.1) is 6.04 Å². The van der Waals surface area contributed by atoms with Crippen LogP contribution in [0.15, 0.2) is 24.5 Å². The Morgan fingerprint density at radius 3 is 2.67 bits per heavy atom. The molecule has 2 amide bonds. The minimum Gasteiger partial charge on any atom is -0.329 e. The number of carbonyl (C=O) groups excluding carboxylic acids is 1. The van der Waals surface area contributed by atoms with Gasteiger partial charge in [-0.05, 0) is 30.5 Å². The maximum absolute atomic E-state index is 12.2. The van der Waals surface area contributed by atoms with Crippen molar-refractivity contribution in [1.29, 1.82) is 0 Å². The van der Waals surface area contributed by atoms with E-state index in [1.807, 2.05) is 5.32 Å². The van der Waals surface area contributed by atoms with Gasteiger partial charge >= 0.3 is 12.2 Å². The summed E-state index contributed by atoms with van der Waals surface area (Å²) in [6, 6.07) is 2.76. The molecule has 21 heavy (non-hydrogen) atoms. The molecule has 1 aliphatic rings. The predicted molar refractivity (Wildman–Crippen MR) is 71.6 cm³/mol. The first-order chi connectivity index (χ1) is 9.97. The molecule has 1 aromatic rings. The van der Waals surface area contributed by atoms with Gasteiger partial charge in [0.15, 0.2) is 0 Å². The monoisotopic (exact) mass is 301 g/mol. The fraction of sp³-hybridized carbons (Fsp3) is 0.571. The van der Waals surface area contributed by atoms with E-state index < -0.39 is 18.8 Å². The zero-order valence-corrected chi connectivity index (χ0v) is 11.6. The Labute approximate surface area is 121 Å². The van der Waals surface area contributed by atoms with Crippen LogP contribution >= 0.6 is 0 Å². The first-order valence-corrected chi connectivity index (χ1v) is 6.98. The van der Waals surface area contributed by atoms with Crippen molar-refractivity contribution >= 4 is 6.03 Å². The number of amides is 2. The minimum atomic E-state index is -4.40. The van der Waals surface area contributed by atoms with E-state index in [0.717, 1.165) is 31.2 Å². The Bertz CT molecular complexity index is 464. The summed E-state index contributed by atoms with van der Waals surface area (Å²) in [6.45, 7) is -0.831. The number of carbonyl (C=O) groups is 1. The molecular weight excluding hydrogens is 283 g/mol. The molecule has 1 N–H and O–H groups in total. The number of likely N-dealkylation sites (tertiary alicyclic amines) is 1. The Hall–Kier alpha value is -1.79. The SMILES string of the molecule is O=C(NCC(F)(F)F)N1CCCCCC1c1ccncc1. The lowest BCUT2D eigenvalue weighted by Crippen LogP contribution is -2.45. The summed E-state index contributed by atoms with van der Waals surface area (Å²) >= 11 is 0. The van der Waals surface area contributed by atoms with E-state index >= 15 is 0 Å². The minimum absolute atomic E-state index is 0.191. The van der Waals surface area contributed by atoms with Crippen LogP contribution in [0.3, 0.4) is 0 Å². The molecule has 116 valence electrons. The van der Waals surface area contributed by atoms with Gasteiger partial charge in [-0.25, -0.2) is 4.79 Å². The van der Waals surface area contributed by atoms with Crippen LogP contribution in [-0.4, -0.2) is 35.2 Å². The zero-order chi connectivity index (χ0) is 15.3. The largest absolute Gasteiger partial charge is 0.405 e. The lowest BCUT2D eigenvalue weighted by molar-refractivity contribution is -0.123. The van der Waals surface area contributed by atoms with Crippen LogP contribution in [0.4, 0.5) is 18.0 Å². The molecule has 0 aromatic carbocycles. The fourth-order valence-electron chi connectivity index (χ4n) is 2.56. The molecule has 0 spiro atoms. The number of hydrogen-bond donors (Lipinski definition) is 1. The van der Waals surface area contributed by atoms with Crippen LogP contribution in [0, 0.1) is 0 Å². The van der Waals surface area contributed by atoms with E-state index in [1.54, 1.807) is 24.5 Å². The molecule has 1 fully saturated rings. The quantitative estimate of drug-likeness (QED) is 0.911. The number of rotatable bonds is 2. The highest BCUT2D eigenvalue weighted by molar-refractivity contribution is 5.74. The van der Waals surface area contributed by atoms with E-state index in [1.165, 1.54) is 4.90 Å². The van der Waals surface area contributed by atoms with Crippen molar-refractivity contribution in [2.45, 2.75) is 37.9 Å². The van der Waals surface area contributed by atoms with Gasteiger partial charge in [0, 0.05) is 18.9 Å². The third kappa shape index (κ3) is 4.61. The Morgan fingerprint density at radius 2 is 2.00 bits per heavy atom. The standard InChI is InChI=1S/C14H18F3N3O/c15-14(16,17)10-19-13(21)20-9-3-1-2-4-12(20)11-5-7-18-8-6-11/h5-8,12H,1-4,9-10H2,(H,19,21). The molecule has 1 aliphatic heterocycles. The molecule has 0 aliphatic carbocycles. The summed E-state index contributed by atoms with van der Waals surface area (Å²) in [4.78, 5) is 17.5. The van der Waals surface area contributed by atoms with Gasteiger partial charge in [-0.1, -0.05) is 12.8 Å². The summed E-state index contributed by atoms with van der Waals surface area (Å²) < 4.78 is 36.7. The summed E-state index contributed by atoms with van der Waals surface area (Å²) in [5.74, 6) is 0. The Balaban J connectivity index is 2.10. The van der Waals surface area contributed by atoms with Crippen molar-refractivity contribution in [1.82, 2.24) is 15.2 Å². The summed E-state index contributed by atoms with van der Waals surface area (Å²) in [6.07, 6.45) is 2.36. The highest BCUT2D eigenvalue weighted by atomic mass is 19.4. The van der Waals surface area contributed by atoms with Crippen molar-refractivity contribution < 1.29 is 18.0 Å². The van der Waals surface area contributed by atoms with E-state index in [4.69, 9.17) is 0 Å². The van der Waals surface area contributed by atoms with Gasteiger partial charge in [-0.2, -0.15) is 13.2 Å². The average molecular weight is 301 g/mol. The molecule has 0 bridgehead atoms. The van der Waals surface area contributed by atoms with Gasteiger partial charge in [0.1, 0.15) is 6.54 Å². The molecule has 2 rings (SSSR count). The van der Waals surface area contributed by atoms with E-state index in [0.29, 0.717) is 6.54 Å². The van der Waals surface area contributed by atoms with Crippen LogP contribution in [0.2, 0.25) is 0 Å². The molecule has 1 saturated heterocycles. The fourth-order valence-corrected chi connectivity index (χ4v) is 2.56. The van der Waals surface area contributed by atoms with Crippen LogP contribution in [0.25, 0.3) is 0 Å². The van der Waals surface area contributed by atoms with Gasteiger partial charge in [0.2, 0.25) is 0 Å². The Morgan fingerprint density at radius 1 is 1.29 bits per heavy atom. The molecule has 4 nitrogen and oxygen atoms in total. The normalized spacial score (nSPS) is 20.0. The second-order valence-corrected chi connectivity index (χ2v) is 5.11. The van der Waals surface area contributed by atoms with Gasteiger partial charge in [-0.15, -0.1) is 0 Å². The number of nitrogens with zero attached hydrogens (tertiary/aromatic N) is 2. The predicted octanol–water partition coefficient (Wildman–Crippen LogP) is 3.27. The number of aromatic nitrogens is 1. The van der Waals surface area contributed by atoms with Gasteiger partial charge in [-0.3, -0.25) is 4.98 Å². The van der Waals surface area contributed by atoms with Crippen LogP contribution in [0.1, 0.15) is 37.3 Å². The van der Waals surface area contributed by atoms with Crippen molar-refractivity contribution in [3.63, 3.8) is 0 Å². The van der Waals surface area contributed by atoms with Crippen molar-refractivity contribution in [3.05, 3.63) is 30.1 Å². The van der Waals surface area contributed by atoms with Gasteiger partial charge in [0.25, 0.3) is 0 Å². The number of alkyl halides is 3. The van der Waals surface area contributed by atoms with Crippen molar-refractivity contribution in [2.75, 3.05) is 13.1 Å². The molecule has 1 unspecified atom stereocenters. The second kappa shape index (κ2) is 6.78. The zero-order valence-electron chi connectivity index (χ0n) is 11.6. The van der Waals surface area contributed by atoms with Crippen LogP contribution < -0.4 is 5.32 Å². The Kier molecular flexibility index (Phi) is 5.03. The lowest BCUT2D eigenvalue weighted by Gasteiger charge is -2.30. The maximum Gasteiger partial charge on any atom is 0.405 e. The summed E-state index contributed by atoms with van der Waals surface area (Å²) in [5.41, 5.74) is 0.911. The maximum atomic E-state index is 12.2. The number of hydrogen-bond acceptors (Lipinski definition) is 2.